The second-order valence-corrected chi connectivity index (χ2v) is 4.38. The van der Waals surface area contributed by atoms with Crippen molar-refractivity contribution in [2.24, 2.45) is 0 Å². The number of anilines is 1. The number of unbranched alkanes of at least 4 members (excludes halogenated alkanes) is 2. The molecule has 0 saturated carbocycles. The molecule has 98 valence electrons. The zero-order chi connectivity index (χ0) is 12.5. The Kier molecular flexibility index (Phi) is 6.70. The number of hydrogen-bond donors (Lipinski definition) is 1. The fourth-order valence-corrected chi connectivity index (χ4v) is 1.76. The number of imidazole rings is 1. The first-order valence-electron chi connectivity index (χ1n) is 6.54. The van der Waals surface area contributed by atoms with Crippen molar-refractivity contribution in [1.82, 2.24) is 9.55 Å². The molecular weight excluding hydrogens is 214 g/mol. The molecule has 1 aromatic heterocycles. The van der Waals surface area contributed by atoms with Crippen molar-refractivity contribution in [3.05, 3.63) is 11.9 Å². The zero-order valence-electron chi connectivity index (χ0n) is 11.3. The van der Waals surface area contributed by atoms with Crippen molar-refractivity contribution in [3.8, 4) is 0 Å². The third-order valence-electron chi connectivity index (χ3n) is 2.71. The summed E-state index contributed by atoms with van der Waals surface area (Å²) in [5, 5.41) is 3.40. The summed E-state index contributed by atoms with van der Waals surface area (Å²) in [4.78, 5) is 4.50. The van der Waals surface area contributed by atoms with Crippen molar-refractivity contribution in [3.63, 3.8) is 0 Å². The molecule has 1 aromatic rings. The molecule has 0 bridgehead atoms. The molecule has 0 atom stereocenters. The number of hydrogen-bond acceptors (Lipinski definition) is 3. The summed E-state index contributed by atoms with van der Waals surface area (Å²) < 4.78 is 7.24. The fourth-order valence-electron chi connectivity index (χ4n) is 1.76. The Bertz CT molecular complexity index is 310. The highest BCUT2D eigenvalue weighted by Crippen LogP contribution is 2.10. The molecule has 17 heavy (non-hydrogen) atoms. The normalized spacial score (nSPS) is 10.8. The van der Waals surface area contributed by atoms with E-state index in [0.29, 0.717) is 0 Å². The molecule has 0 unspecified atom stereocenters. The second-order valence-electron chi connectivity index (χ2n) is 4.38. The van der Waals surface area contributed by atoms with Crippen LogP contribution >= 0.6 is 0 Å². The van der Waals surface area contributed by atoms with Crippen molar-refractivity contribution in [2.75, 3.05) is 25.6 Å². The summed E-state index contributed by atoms with van der Waals surface area (Å²) in [7, 11) is 1.74. The van der Waals surface area contributed by atoms with Crippen molar-refractivity contribution < 1.29 is 4.74 Å². The summed E-state index contributed by atoms with van der Waals surface area (Å²) >= 11 is 0. The van der Waals surface area contributed by atoms with E-state index in [1.807, 2.05) is 6.92 Å². The minimum Gasteiger partial charge on any atom is -0.385 e. The first kappa shape index (κ1) is 14.0. The molecular formula is C13H25N3O. The van der Waals surface area contributed by atoms with Gasteiger partial charge in [0.25, 0.3) is 0 Å². The lowest BCUT2D eigenvalue weighted by molar-refractivity contribution is 0.193. The second kappa shape index (κ2) is 8.12. The van der Waals surface area contributed by atoms with Crippen LogP contribution in [0.3, 0.4) is 0 Å². The number of rotatable bonds is 9. The van der Waals surface area contributed by atoms with E-state index in [4.69, 9.17) is 4.74 Å². The van der Waals surface area contributed by atoms with Crippen LogP contribution in [0.5, 0.6) is 0 Å². The Morgan fingerprint density at radius 3 is 2.88 bits per heavy atom. The number of methoxy groups -OCH3 is 1. The molecule has 4 heteroatoms. The molecule has 0 aliphatic carbocycles. The number of nitrogens with zero attached hydrogens (tertiary/aromatic N) is 2. The summed E-state index contributed by atoms with van der Waals surface area (Å²) in [6, 6.07) is 0. The molecule has 0 radical (unpaired) electrons. The predicted molar refractivity (Wildman–Crippen MR) is 71.5 cm³/mol. The average molecular weight is 239 g/mol. The van der Waals surface area contributed by atoms with Gasteiger partial charge >= 0.3 is 0 Å². The molecule has 0 aromatic carbocycles. The third kappa shape index (κ3) is 5.22. The van der Waals surface area contributed by atoms with Gasteiger partial charge in [-0.05, 0) is 26.2 Å². The average Bonchev–Trinajstić information content (AvgIpc) is 2.67. The Balaban J connectivity index is 2.35. The van der Waals surface area contributed by atoms with Gasteiger partial charge in [0, 0.05) is 33.0 Å². The van der Waals surface area contributed by atoms with E-state index in [9.17, 15) is 0 Å². The largest absolute Gasteiger partial charge is 0.385 e. The topological polar surface area (TPSA) is 39.1 Å². The monoisotopic (exact) mass is 239 g/mol. The lowest BCUT2D eigenvalue weighted by atomic mass is 10.3. The highest BCUT2D eigenvalue weighted by atomic mass is 16.5. The standard InChI is InChI=1S/C13H25N3O/c1-4-5-9-16-11-12(2)15-13(16)14-8-6-7-10-17-3/h11H,4-10H2,1-3H3,(H,14,15). The van der Waals surface area contributed by atoms with E-state index in [2.05, 4.69) is 28.0 Å². The van der Waals surface area contributed by atoms with E-state index in [1.54, 1.807) is 7.11 Å². The summed E-state index contributed by atoms with van der Waals surface area (Å²) in [6.45, 7) is 7.11. The highest BCUT2D eigenvalue weighted by Gasteiger charge is 2.03. The van der Waals surface area contributed by atoms with Gasteiger partial charge in [-0.3, -0.25) is 0 Å². The highest BCUT2D eigenvalue weighted by molar-refractivity contribution is 5.28. The number of nitrogens with one attached hydrogen (secondary N) is 1. The molecule has 0 spiro atoms. The minimum absolute atomic E-state index is 0.838. The third-order valence-corrected chi connectivity index (χ3v) is 2.71. The van der Waals surface area contributed by atoms with Gasteiger partial charge in [-0.1, -0.05) is 13.3 Å². The van der Waals surface area contributed by atoms with Gasteiger partial charge in [-0.25, -0.2) is 4.98 Å². The van der Waals surface area contributed by atoms with Crippen LogP contribution in [0, 0.1) is 6.92 Å². The van der Waals surface area contributed by atoms with E-state index >= 15 is 0 Å². The van der Waals surface area contributed by atoms with Gasteiger partial charge in [-0.2, -0.15) is 0 Å². The number of ether oxygens (including phenoxy) is 1. The van der Waals surface area contributed by atoms with Gasteiger partial charge in [-0.15, -0.1) is 0 Å². The molecule has 1 N–H and O–H groups in total. The Morgan fingerprint density at radius 1 is 1.35 bits per heavy atom. The molecule has 1 rings (SSSR count). The van der Waals surface area contributed by atoms with Crippen molar-refractivity contribution >= 4 is 5.95 Å². The van der Waals surface area contributed by atoms with Crippen LogP contribution in [0.4, 0.5) is 5.95 Å². The van der Waals surface area contributed by atoms with Crippen LogP contribution in [0.25, 0.3) is 0 Å². The summed E-state index contributed by atoms with van der Waals surface area (Å²) in [5.74, 6) is 1.01. The van der Waals surface area contributed by atoms with Crippen LogP contribution in [0.15, 0.2) is 6.20 Å². The van der Waals surface area contributed by atoms with E-state index in [0.717, 1.165) is 44.2 Å². The fraction of sp³-hybridized carbons (Fsp3) is 0.769. The molecule has 0 saturated heterocycles. The van der Waals surface area contributed by atoms with E-state index < -0.39 is 0 Å². The lowest BCUT2D eigenvalue weighted by Gasteiger charge is -2.08. The Hall–Kier alpha value is -1.03. The number of aromatic nitrogens is 2. The predicted octanol–water partition coefficient (Wildman–Crippen LogP) is 2.83. The quantitative estimate of drug-likeness (QED) is 0.673. The van der Waals surface area contributed by atoms with Crippen LogP contribution < -0.4 is 5.32 Å². The van der Waals surface area contributed by atoms with Gasteiger partial charge in [0.1, 0.15) is 0 Å². The smallest absolute Gasteiger partial charge is 0.203 e. The molecule has 0 aliphatic rings. The van der Waals surface area contributed by atoms with E-state index in [1.165, 1.54) is 12.8 Å². The van der Waals surface area contributed by atoms with Crippen LogP contribution in [-0.4, -0.2) is 29.8 Å². The van der Waals surface area contributed by atoms with Gasteiger partial charge in [0.05, 0.1) is 5.69 Å². The Labute approximate surface area is 104 Å². The van der Waals surface area contributed by atoms with E-state index in [-0.39, 0.29) is 0 Å². The van der Waals surface area contributed by atoms with Crippen molar-refractivity contribution in [1.29, 1.82) is 0 Å². The first-order valence-corrected chi connectivity index (χ1v) is 6.54. The zero-order valence-corrected chi connectivity index (χ0v) is 11.3. The van der Waals surface area contributed by atoms with Crippen LogP contribution in [0.2, 0.25) is 0 Å². The maximum Gasteiger partial charge on any atom is 0.203 e. The lowest BCUT2D eigenvalue weighted by Crippen LogP contribution is -2.09. The SMILES string of the molecule is CCCCn1cc(C)nc1NCCCCOC. The van der Waals surface area contributed by atoms with Gasteiger partial charge in [0.15, 0.2) is 0 Å². The molecule has 0 fully saturated rings. The first-order chi connectivity index (χ1) is 8.27. The maximum absolute atomic E-state index is 5.03. The van der Waals surface area contributed by atoms with Gasteiger partial charge in [0.2, 0.25) is 5.95 Å². The number of aryl methyl sites for hydroxylation is 2. The maximum atomic E-state index is 5.03. The van der Waals surface area contributed by atoms with Crippen molar-refractivity contribution in [2.45, 2.75) is 46.1 Å². The van der Waals surface area contributed by atoms with Crippen LogP contribution in [-0.2, 0) is 11.3 Å². The van der Waals surface area contributed by atoms with Gasteiger partial charge < -0.3 is 14.6 Å². The summed E-state index contributed by atoms with van der Waals surface area (Å²) in [5.41, 5.74) is 1.08. The molecule has 0 amide bonds. The minimum atomic E-state index is 0.838. The molecule has 4 nitrogen and oxygen atoms in total. The van der Waals surface area contributed by atoms with Crippen LogP contribution in [0.1, 0.15) is 38.3 Å². The molecule has 1 heterocycles. The summed E-state index contributed by atoms with van der Waals surface area (Å²) in [6.07, 6.45) is 6.75. The molecule has 0 aliphatic heterocycles. The Morgan fingerprint density at radius 2 is 2.18 bits per heavy atom.